The fourth-order valence-corrected chi connectivity index (χ4v) is 0.991. The minimum absolute atomic E-state index is 0.205. The first-order valence-corrected chi connectivity index (χ1v) is 3.96. The van der Waals surface area contributed by atoms with Crippen molar-refractivity contribution in [2.75, 3.05) is 0 Å². The minimum atomic E-state index is -0.688. The lowest BCUT2D eigenvalue weighted by Crippen LogP contribution is -2.04. The summed E-state index contributed by atoms with van der Waals surface area (Å²) in [6, 6.07) is 3.53. The van der Waals surface area contributed by atoms with Crippen LogP contribution >= 0.6 is 0 Å². The molecule has 1 rings (SSSR count). The highest BCUT2D eigenvalue weighted by Crippen LogP contribution is 2.27. The van der Waals surface area contributed by atoms with Gasteiger partial charge in [0.2, 0.25) is 5.75 Å². The largest absolute Gasteiger partial charge is 0.419 e. The van der Waals surface area contributed by atoms with Gasteiger partial charge >= 0.3 is 11.7 Å². The highest BCUT2D eigenvalue weighted by atomic mass is 16.6. The van der Waals surface area contributed by atoms with E-state index < -0.39 is 10.9 Å². The van der Waals surface area contributed by atoms with E-state index in [2.05, 4.69) is 4.74 Å². The van der Waals surface area contributed by atoms with E-state index in [1.54, 1.807) is 0 Å². The van der Waals surface area contributed by atoms with Gasteiger partial charge in [-0.05, 0) is 12.1 Å². The lowest BCUT2D eigenvalue weighted by atomic mass is 10.2. The van der Waals surface area contributed by atoms with Gasteiger partial charge in [-0.25, -0.2) is 0 Å². The Hall–Kier alpha value is -2.24. The Morgan fingerprint density at radius 3 is 2.67 bits per heavy atom. The van der Waals surface area contributed by atoms with Crippen molar-refractivity contribution in [1.29, 1.82) is 0 Å². The first kappa shape index (κ1) is 10.8. The summed E-state index contributed by atoms with van der Waals surface area (Å²) in [6.07, 6.45) is 0.511. The Morgan fingerprint density at radius 1 is 1.53 bits per heavy atom. The molecule has 0 aliphatic rings. The van der Waals surface area contributed by atoms with Crippen molar-refractivity contribution >= 4 is 17.9 Å². The van der Waals surface area contributed by atoms with E-state index in [0.29, 0.717) is 6.29 Å². The topological polar surface area (TPSA) is 86.5 Å². The van der Waals surface area contributed by atoms with Gasteiger partial charge in [-0.15, -0.1) is 0 Å². The standard InChI is InChI=1S/C9H7NO5/c1-6(12)15-9-4-7(5-11)2-3-8(9)10(13)14/h2-5H,1H3. The van der Waals surface area contributed by atoms with Crippen LogP contribution in [0.5, 0.6) is 5.75 Å². The minimum Gasteiger partial charge on any atom is -0.419 e. The summed E-state index contributed by atoms with van der Waals surface area (Å²) in [5, 5.41) is 10.5. The van der Waals surface area contributed by atoms with Crippen molar-refractivity contribution in [1.82, 2.24) is 0 Å². The van der Waals surface area contributed by atoms with E-state index in [-0.39, 0.29) is 17.0 Å². The van der Waals surface area contributed by atoms with Gasteiger partial charge in [0.1, 0.15) is 6.29 Å². The molecule has 0 amide bonds. The highest BCUT2D eigenvalue weighted by molar-refractivity contribution is 5.78. The summed E-state index contributed by atoms with van der Waals surface area (Å²) >= 11 is 0. The summed E-state index contributed by atoms with van der Waals surface area (Å²) in [5.41, 5.74) is -0.146. The van der Waals surface area contributed by atoms with E-state index >= 15 is 0 Å². The molecule has 6 heteroatoms. The van der Waals surface area contributed by atoms with Gasteiger partial charge in [0, 0.05) is 18.6 Å². The molecule has 0 heterocycles. The maximum absolute atomic E-state index is 10.7. The van der Waals surface area contributed by atoms with Crippen LogP contribution in [0.15, 0.2) is 18.2 Å². The SMILES string of the molecule is CC(=O)Oc1cc(C=O)ccc1[N+](=O)[O-]. The average Bonchev–Trinajstić information content (AvgIpc) is 2.16. The molecule has 0 saturated heterocycles. The quantitative estimate of drug-likeness (QED) is 0.246. The Labute approximate surface area is 84.6 Å². The molecule has 0 unspecified atom stereocenters. The Kier molecular flexibility index (Phi) is 3.12. The molecule has 0 saturated carbocycles. The first-order valence-electron chi connectivity index (χ1n) is 3.96. The maximum atomic E-state index is 10.7. The Balaban J connectivity index is 3.21. The number of nitro groups is 1. The molecule has 15 heavy (non-hydrogen) atoms. The van der Waals surface area contributed by atoms with Crippen LogP contribution in [0, 0.1) is 10.1 Å². The smallest absolute Gasteiger partial charge is 0.311 e. The molecule has 0 aliphatic heterocycles. The lowest BCUT2D eigenvalue weighted by molar-refractivity contribution is -0.385. The van der Waals surface area contributed by atoms with Crippen molar-refractivity contribution in [3.8, 4) is 5.75 Å². The fourth-order valence-electron chi connectivity index (χ4n) is 0.991. The van der Waals surface area contributed by atoms with Crippen LogP contribution in [0.1, 0.15) is 17.3 Å². The van der Waals surface area contributed by atoms with Crippen molar-refractivity contribution < 1.29 is 19.2 Å². The van der Waals surface area contributed by atoms with E-state index in [4.69, 9.17) is 0 Å². The molecule has 0 bridgehead atoms. The van der Waals surface area contributed by atoms with Crippen LogP contribution in [0.25, 0.3) is 0 Å². The number of carbonyl (C=O) groups excluding carboxylic acids is 2. The molecule has 1 aromatic rings. The van der Waals surface area contributed by atoms with Gasteiger partial charge in [-0.1, -0.05) is 0 Å². The Morgan fingerprint density at radius 2 is 2.20 bits per heavy atom. The van der Waals surface area contributed by atoms with E-state index in [1.807, 2.05) is 0 Å². The van der Waals surface area contributed by atoms with E-state index in [1.165, 1.54) is 6.07 Å². The number of carbonyl (C=O) groups is 2. The van der Waals surface area contributed by atoms with Crippen LogP contribution in [0.4, 0.5) is 5.69 Å². The molecule has 0 aromatic heterocycles. The first-order chi connectivity index (χ1) is 7.04. The number of aldehydes is 1. The lowest BCUT2D eigenvalue weighted by Gasteiger charge is -2.02. The molecule has 0 atom stereocenters. The van der Waals surface area contributed by atoms with Crippen molar-refractivity contribution in [3.63, 3.8) is 0 Å². The number of ether oxygens (including phenoxy) is 1. The summed E-state index contributed by atoms with van der Waals surface area (Å²) in [6.45, 7) is 1.12. The molecule has 1 aromatic carbocycles. The van der Waals surface area contributed by atoms with Crippen LogP contribution in [0.3, 0.4) is 0 Å². The zero-order valence-electron chi connectivity index (χ0n) is 7.80. The predicted molar refractivity (Wildman–Crippen MR) is 49.8 cm³/mol. The summed E-state index contributed by atoms with van der Waals surface area (Å²) in [5.74, 6) is -0.904. The molecule has 78 valence electrons. The van der Waals surface area contributed by atoms with E-state index in [0.717, 1.165) is 19.1 Å². The average molecular weight is 209 g/mol. The van der Waals surface area contributed by atoms with Crippen LogP contribution < -0.4 is 4.74 Å². The molecule has 0 radical (unpaired) electrons. The van der Waals surface area contributed by atoms with Crippen LogP contribution in [-0.2, 0) is 4.79 Å². The molecule has 0 spiro atoms. The Bertz CT molecular complexity index is 427. The van der Waals surface area contributed by atoms with Gasteiger partial charge < -0.3 is 4.74 Å². The van der Waals surface area contributed by atoms with Gasteiger partial charge in [0.15, 0.2) is 0 Å². The summed E-state index contributed by atoms with van der Waals surface area (Å²) in [4.78, 5) is 30.9. The third-order valence-electron chi connectivity index (χ3n) is 1.57. The summed E-state index contributed by atoms with van der Waals surface area (Å²) in [7, 11) is 0. The number of nitrogens with zero attached hydrogens (tertiary/aromatic N) is 1. The number of rotatable bonds is 3. The number of hydrogen-bond donors (Lipinski definition) is 0. The second kappa shape index (κ2) is 4.32. The van der Waals surface area contributed by atoms with Crippen molar-refractivity contribution in [2.24, 2.45) is 0 Å². The van der Waals surface area contributed by atoms with Crippen molar-refractivity contribution in [2.45, 2.75) is 6.92 Å². The number of hydrogen-bond acceptors (Lipinski definition) is 5. The predicted octanol–water partition coefficient (Wildman–Crippen LogP) is 1.33. The van der Waals surface area contributed by atoms with Crippen molar-refractivity contribution in [3.05, 3.63) is 33.9 Å². The van der Waals surface area contributed by atoms with Gasteiger partial charge in [0.05, 0.1) is 4.92 Å². The van der Waals surface area contributed by atoms with E-state index in [9.17, 15) is 19.7 Å². The number of esters is 1. The second-order valence-electron chi connectivity index (χ2n) is 2.70. The molecule has 6 nitrogen and oxygen atoms in total. The van der Waals surface area contributed by atoms with Gasteiger partial charge in [-0.3, -0.25) is 19.7 Å². The zero-order valence-corrected chi connectivity index (χ0v) is 7.80. The molecular formula is C9H7NO5. The molecule has 0 fully saturated rings. The van der Waals surface area contributed by atoms with Crippen LogP contribution in [-0.4, -0.2) is 17.2 Å². The summed E-state index contributed by atoms with van der Waals surface area (Å²) < 4.78 is 4.61. The maximum Gasteiger partial charge on any atom is 0.311 e. The second-order valence-corrected chi connectivity index (χ2v) is 2.70. The monoisotopic (exact) mass is 209 g/mol. The highest BCUT2D eigenvalue weighted by Gasteiger charge is 2.16. The fraction of sp³-hybridized carbons (Fsp3) is 0.111. The van der Waals surface area contributed by atoms with Gasteiger partial charge in [-0.2, -0.15) is 0 Å². The molecule has 0 N–H and O–H groups in total. The molecular weight excluding hydrogens is 202 g/mol. The van der Waals surface area contributed by atoms with Crippen LogP contribution in [0.2, 0.25) is 0 Å². The normalized spacial score (nSPS) is 9.40. The molecule has 0 aliphatic carbocycles. The number of benzene rings is 1. The zero-order chi connectivity index (χ0) is 11.4. The number of nitro benzene ring substituents is 1. The third kappa shape index (κ3) is 2.60. The van der Waals surface area contributed by atoms with Gasteiger partial charge in [0.25, 0.3) is 0 Å². The third-order valence-corrected chi connectivity index (χ3v) is 1.57.